The minimum atomic E-state index is -0.0751. The lowest BCUT2D eigenvalue weighted by atomic mass is 9.83. The molecule has 0 aliphatic heterocycles. The molecule has 21 heavy (non-hydrogen) atoms. The van der Waals surface area contributed by atoms with E-state index in [9.17, 15) is 4.79 Å². The van der Waals surface area contributed by atoms with Crippen LogP contribution in [0.4, 0.5) is 5.69 Å². The number of amides is 1. The van der Waals surface area contributed by atoms with Crippen molar-refractivity contribution in [2.24, 2.45) is 5.92 Å². The summed E-state index contributed by atoms with van der Waals surface area (Å²) in [5.74, 6) is 0.769. The molecule has 1 heterocycles. The molecule has 1 saturated carbocycles. The van der Waals surface area contributed by atoms with Crippen molar-refractivity contribution in [3.05, 3.63) is 11.4 Å². The highest BCUT2D eigenvalue weighted by molar-refractivity contribution is 5.98. The zero-order valence-electron chi connectivity index (χ0n) is 13.5. The fourth-order valence-corrected chi connectivity index (χ4v) is 3.32. The molecule has 0 spiro atoms. The van der Waals surface area contributed by atoms with Gasteiger partial charge in [-0.05, 0) is 45.4 Å². The van der Waals surface area contributed by atoms with Gasteiger partial charge in [-0.1, -0.05) is 19.8 Å². The van der Waals surface area contributed by atoms with Crippen LogP contribution in [0.5, 0.6) is 0 Å². The molecule has 0 radical (unpaired) electrons. The molecule has 0 unspecified atom stereocenters. The third kappa shape index (κ3) is 3.57. The van der Waals surface area contributed by atoms with Crippen LogP contribution in [-0.4, -0.2) is 21.7 Å². The number of carbonyl (C=O) groups excluding carboxylic acids is 1. The smallest absolute Gasteiger partial charge is 0.271 e. The van der Waals surface area contributed by atoms with Gasteiger partial charge in [0.2, 0.25) is 0 Å². The summed E-state index contributed by atoms with van der Waals surface area (Å²) in [6, 6.07) is 0.283. The van der Waals surface area contributed by atoms with Crippen LogP contribution in [0, 0.1) is 12.8 Å². The Bertz CT molecular complexity index is 487. The van der Waals surface area contributed by atoms with Gasteiger partial charge in [-0.3, -0.25) is 9.48 Å². The van der Waals surface area contributed by atoms with Gasteiger partial charge in [0.15, 0.2) is 0 Å². The van der Waals surface area contributed by atoms with E-state index in [2.05, 4.69) is 17.3 Å². The lowest BCUT2D eigenvalue weighted by Crippen LogP contribution is -2.38. The molecule has 5 heteroatoms. The Morgan fingerprint density at radius 3 is 2.57 bits per heavy atom. The Labute approximate surface area is 127 Å². The third-order valence-corrected chi connectivity index (χ3v) is 4.57. The maximum absolute atomic E-state index is 12.5. The van der Waals surface area contributed by atoms with Crippen molar-refractivity contribution in [1.82, 2.24) is 15.1 Å². The van der Waals surface area contributed by atoms with Crippen LogP contribution in [0.3, 0.4) is 0 Å². The van der Waals surface area contributed by atoms with E-state index in [0.717, 1.165) is 24.5 Å². The van der Waals surface area contributed by atoms with Crippen molar-refractivity contribution in [2.75, 3.05) is 5.73 Å². The van der Waals surface area contributed by atoms with Gasteiger partial charge in [0.05, 0.1) is 11.4 Å². The highest BCUT2D eigenvalue weighted by Crippen LogP contribution is 2.28. The average Bonchev–Trinajstić information content (AvgIpc) is 2.76. The fraction of sp³-hybridized carbons (Fsp3) is 0.750. The van der Waals surface area contributed by atoms with Crippen molar-refractivity contribution in [3.8, 4) is 0 Å². The average molecular weight is 292 g/mol. The number of hydrogen-bond donors (Lipinski definition) is 2. The summed E-state index contributed by atoms with van der Waals surface area (Å²) in [4.78, 5) is 12.5. The Morgan fingerprint density at radius 2 is 2.00 bits per heavy atom. The van der Waals surface area contributed by atoms with Crippen LogP contribution in [0.1, 0.15) is 68.6 Å². The highest BCUT2D eigenvalue weighted by Gasteiger charge is 2.25. The van der Waals surface area contributed by atoms with Gasteiger partial charge in [0, 0.05) is 12.6 Å². The van der Waals surface area contributed by atoms with Crippen molar-refractivity contribution in [2.45, 2.75) is 71.9 Å². The minimum absolute atomic E-state index is 0.0751. The molecule has 1 aromatic rings. The molecule has 1 amide bonds. The second-order valence-corrected chi connectivity index (χ2v) is 6.14. The summed E-state index contributed by atoms with van der Waals surface area (Å²) in [5.41, 5.74) is 7.76. The van der Waals surface area contributed by atoms with E-state index in [0.29, 0.717) is 17.9 Å². The first-order chi connectivity index (χ1) is 10.1. The number of anilines is 1. The summed E-state index contributed by atoms with van der Waals surface area (Å²) >= 11 is 0. The maximum Gasteiger partial charge on any atom is 0.271 e. The molecule has 2 rings (SSSR count). The first kappa shape index (κ1) is 15.9. The molecule has 3 N–H and O–H groups in total. The van der Waals surface area contributed by atoms with Crippen LogP contribution in [0.2, 0.25) is 0 Å². The molecule has 0 saturated heterocycles. The summed E-state index contributed by atoms with van der Waals surface area (Å²) in [6.45, 7) is 6.71. The predicted molar refractivity (Wildman–Crippen MR) is 85.2 cm³/mol. The standard InChI is InChI=1S/C16H28N4O/c1-4-6-12-7-9-13(10-8-12)18-16(21)15-14(17)11(3)19-20(15)5-2/h12-13H,4-10,17H2,1-3H3,(H,18,21). The molecule has 0 atom stereocenters. The van der Waals surface area contributed by atoms with Crippen molar-refractivity contribution in [1.29, 1.82) is 0 Å². The number of hydrogen-bond acceptors (Lipinski definition) is 3. The van der Waals surface area contributed by atoms with Gasteiger partial charge >= 0.3 is 0 Å². The van der Waals surface area contributed by atoms with Crippen LogP contribution < -0.4 is 11.1 Å². The van der Waals surface area contributed by atoms with Gasteiger partial charge in [0.1, 0.15) is 5.69 Å². The minimum Gasteiger partial charge on any atom is -0.395 e. The van der Waals surface area contributed by atoms with Crippen LogP contribution >= 0.6 is 0 Å². The summed E-state index contributed by atoms with van der Waals surface area (Å²) < 4.78 is 1.70. The number of nitrogens with two attached hydrogens (primary N) is 1. The van der Waals surface area contributed by atoms with E-state index in [1.165, 1.54) is 25.7 Å². The van der Waals surface area contributed by atoms with E-state index in [4.69, 9.17) is 5.73 Å². The van der Waals surface area contributed by atoms with E-state index in [1.807, 2.05) is 13.8 Å². The summed E-state index contributed by atoms with van der Waals surface area (Å²) in [6.07, 6.45) is 7.17. The molecule has 0 bridgehead atoms. The lowest BCUT2D eigenvalue weighted by molar-refractivity contribution is 0.0911. The van der Waals surface area contributed by atoms with Crippen molar-refractivity contribution in [3.63, 3.8) is 0 Å². The maximum atomic E-state index is 12.5. The van der Waals surface area contributed by atoms with Gasteiger partial charge in [-0.25, -0.2) is 0 Å². The van der Waals surface area contributed by atoms with E-state index in [-0.39, 0.29) is 11.9 Å². The highest BCUT2D eigenvalue weighted by atomic mass is 16.2. The Morgan fingerprint density at radius 1 is 1.33 bits per heavy atom. The molecular formula is C16H28N4O. The zero-order valence-corrected chi connectivity index (χ0v) is 13.5. The Kier molecular flexibility index (Phi) is 5.26. The monoisotopic (exact) mass is 292 g/mol. The Balaban J connectivity index is 1.97. The number of aromatic nitrogens is 2. The topological polar surface area (TPSA) is 72.9 Å². The molecule has 1 fully saturated rings. The van der Waals surface area contributed by atoms with Crippen molar-refractivity contribution < 1.29 is 4.79 Å². The third-order valence-electron chi connectivity index (χ3n) is 4.57. The quantitative estimate of drug-likeness (QED) is 0.876. The normalized spacial score (nSPS) is 22.2. The van der Waals surface area contributed by atoms with Gasteiger partial charge < -0.3 is 11.1 Å². The second kappa shape index (κ2) is 6.96. The van der Waals surface area contributed by atoms with Crippen LogP contribution in [0.25, 0.3) is 0 Å². The van der Waals surface area contributed by atoms with E-state index >= 15 is 0 Å². The fourth-order valence-electron chi connectivity index (χ4n) is 3.32. The zero-order chi connectivity index (χ0) is 15.4. The molecule has 1 aliphatic rings. The largest absolute Gasteiger partial charge is 0.395 e. The van der Waals surface area contributed by atoms with Gasteiger partial charge in [0.25, 0.3) is 5.91 Å². The molecule has 1 aliphatic carbocycles. The number of rotatable bonds is 5. The molecule has 118 valence electrons. The van der Waals surface area contributed by atoms with Gasteiger partial charge in [-0.2, -0.15) is 5.10 Å². The molecular weight excluding hydrogens is 264 g/mol. The number of aryl methyl sites for hydroxylation is 2. The Hall–Kier alpha value is -1.52. The van der Waals surface area contributed by atoms with Crippen molar-refractivity contribution >= 4 is 11.6 Å². The van der Waals surface area contributed by atoms with E-state index < -0.39 is 0 Å². The van der Waals surface area contributed by atoms with Crippen LogP contribution in [0.15, 0.2) is 0 Å². The van der Waals surface area contributed by atoms with E-state index in [1.54, 1.807) is 4.68 Å². The second-order valence-electron chi connectivity index (χ2n) is 6.14. The summed E-state index contributed by atoms with van der Waals surface area (Å²) in [7, 11) is 0. The molecule has 1 aromatic heterocycles. The van der Waals surface area contributed by atoms with Gasteiger partial charge in [-0.15, -0.1) is 0 Å². The first-order valence-corrected chi connectivity index (χ1v) is 8.20. The van der Waals surface area contributed by atoms with Crippen LogP contribution in [-0.2, 0) is 6.54 Å². The number of nitrogens with one attached hydrogen (secondary N) is 1. The number of nitrogens with zero attached hydrogens (tertiary/aromatic N) is 2. The summed E-state index contributed by atoms with van der Waals surface area (Å²) in [5, 5.41) is 7.46. The molecule has 5 nitrogen and oxygen atoms in total. The SMILES string of the molecule is CCCC1CCC(NC(=O)c2c(N)c(C)nn2CC)CC1. The number of carbonyl (C=O) groups is 1. The lowest BCUT2D eigenvalue weighted by Gasteiger charge is -2.29. The predicted octanol–water partition coefficient (Wildman–Crippen LogP) is 2.88. The molecule has 0 aromatic carbocycles. The number of nitrogen functional groups attached to an aromatic ring is 1. The first-order valence-electron chi connectivity index (χ1n) is 8.20.